The molecule has 1 fully saturated rings. The van der Waals surface area contributed by atoms with Crippen LogP contribution in [0.25, 0.3) is 0 Å². The summed E-state index contributed by atoms with van der Waals surface area (Å²) < 4.78 is 2.64. The number of nitrogens with one attached hydrogen (secondary N) is 1. The zero-order valence-electron chi connectivity index (χ0n) is 13.5. The molecule has 0 unspecified atom stereocenters. The van der Waals surface area contributed by atoms with Crippen molar-refractivity contribution in [1.29, 1.82) is 0 Å². The van der Waals surface area contributed by atoms with Crippen LogP contribution in [0.1, 0.15) is 82.6 Å². The quantitative estimate of drug-likeness (QED) is 0.890. The molecule has 2 aliphatic rings. The summed E-state index contributed by atoms with van der Waals surface area (Å²) in [6.45, 7) is 11.5. The second-order valence-electron chi connectivity index (χ2n) is 7.71. The van der Waals surface area contributed by atoms with Gasteiger partial charge >= 0.3 is 0 Å². The molecule has 1 aromatic rings. The molecule has 3 heteroatoms. The van der Waals surface area contributed by atoms with E-state index in [-0.39, 0.29) is 0 Å². The van der Waals surface area contributed by atoms with E-state index in [1.54, 1.807) is 0 Å². The van der Waals surface area contributed by atoms with Crippen LogP contribution in [0.2, 0.25) is 0 Å². The van der Waals surface area contributed by atoms with Gasteiger partial charge in [-0.25, -0.2) is 4.98 Å². The van der Waals surface area contributed by atoms with Crippen LogP contribution < -0.4 is 5.32 Å². The van der Waals surface area contributed by atoms with Crippen LogP contribution in [0.15, 0.2) is 0 Å². The summed E-state index contributed by atoms with van der Waals surface area (Å²) in [6.07, 6.45) is 6.49. The molecule has 3 nitrogen and oxygen atoms in total. The van der Waals surface area contributed by atoms with Crippen molar-refractivity contribution in [2.75, 3.05) is 6.54 Å². The number of fused-ring (bicyclic) bond motifs is 1. The van der Waals surface area contributed by atoms with Crippen LogP contribution in [-0.4, -0.2) is 16.1 Å². The standard InChI is InChI=1S/C17H29N3/c1-12(2)16-19-14-11-18-10-7-15(14)20(16)13-5-8-17(3,4)9-6-13/h12-13,18H,5-11H2,1-4H3. The molecule has 1 N–H and O–H groups in total. The highest BCUT2D eigenvalue weighted by Crippen LogP contribution is 2.42. The molecule has 0 amide bonds. The Morgan fingerprint density at radius 2 is 1.95 bits per heavy atom. The lowest BCUT2D eigenvalue weighted by Gasteiger charge is -2.36. The predicted octanol–water partition coefficient (Wildman–Crippen LogP) is 3.79. The van der Waals surface area contributed by atoms with Gasteiger partial charge in [0.25, 0.3) is 0 Å². The van der Waals surface area contributed by atoms with E-state index in [4.69, 9.17) is 4.98 Å². The molecule has 0 aromatic carbocycles. The van der Waals surface area contributed by atoms with Gasteiger partial charge in [0, 0.05) is 37.2 Å². The van der Waals surface area contributed by atoms with Crippen molar-refractivity contribution in [3.63, 3.8) is 0 Å². The topological polar surface area (TPSA) is 29.9 Å². The van der Waals surface area contributed by atoms with Crippen LogP contribution in [0, 0.1) is 5.41 Å². The van der Waals surface area contributed by atoms with E-state index in [1.807, 2.05) is 0 Å². The van der Waals surface area contributed by atoms with Crippen LogP contribution in [-0.2, 0) is 13.0 Å². The smallest absolute Gasteiger partial charge is 0.112 e. The molecule has 1 aliphatic carbocycles. The van der Waals surface area contributed by atoms with E-state index in [2.05, 4.69) is 37.6 Å². The lowest BCUT2D eigenvalue weighted by atomic mass is 9.75. The van der Waals surface area contributed by atoms with Crippen LogP contribution in [0.4, 0.5) is 0 Å². The Morgan fingerprint density at radius 1 is 1.25 bits per heavy atom. The van der Waals surface area contributed by atoms with E-state index in [1.165, 1.54) is 42.9 Å². The Balaban J connectivity index is 1.93. The number of hydrogen-bond donors (Lipinski definition) is 1. The molecule has 2 heterocycles. The molecule has 1 aliphatic heterocycles. The second-order valence-corrected chi connectivity index (χ2v) is 7.71. The summed E-state index contributed by atoms with van der Waals surface area (Å²) in [6, 6.07) is 0.690. The molecular weight excluding hydrogens is 246 g/mol. The molecule has 0 bridgehead atoms. The van der Waals surface area contributed by atoms with E-state index < -0.39 is 0 Å². The highest BCUT2D eigenvalue weighted by molar-refractivity contribution is 5.23. The molecule has 112 valence electrons. The normalized spacial score (nSPS) is 23.1. The van der Waals surface area contributed by atoms with Gasteiger partial charge in [0.15, 0.2) is 0 Å². The zero-order valence-corrected chi connectivity index (χ0v) is 13.5. The summed E-state index contributed by atoms with van der Waals surface area (Å²) >= 11 is 0. The highest BCUT2D eigenvalue weighted by Gasteiger charge is 2.32. The van der Waals surface area contributed by atoms with E-state index in [0.717, 1.165) is 19.5 Å². The van der Waals surface area contributed by atoms with Gasteiger partial charge in [-0.2, -0.15) is 0 Å². The lowest BCUT2D eigenvalue weighted by Crippen LogP contribution is -2.29. The first-order chi connectivity index (χ1) is 9.48. The average molecular weight is 275 g/mol. The van der Waals surface area contributed by atoms with Crippen LogP contribution in [0.5, 0.6) is 0 Å². The van der Waals surface area contributed by atoms with Gasteiger partial charge in [-0.15, -0.1) is 0 Å². The van der Waals surface area contributed by atoms with Gasteiger partial charge in [0.1, 0.15) is 5.82 Å². The zero-order chi connectivity index (χ0) is 14.3. The van der Waals surface area contributed by atoms with Crippen molar-refractivity contribution < 1.29 is 0 Å². The van der Waals surface area contributed by atoms with Crippen LogP contribution >= 0.6 is 0 Å². The molecule has 1 saturated carbocycles. The van der Waals surface area contributed by atoms with Crippen molar-refractivity contribution >= 4 is 0 Å². The SMILES string of the molecule is CC(C)c1nc2c(n1C1CCC(C)(C)CC1)CCNC2. The van der Waals surface area contributed by atoms with Crippen molar-refractivity contribution in [1.82, 2.24) is 14.9 Å². The third-order valence-electron chi connectivity index (χ3n) is 5.14. The highest BCUT2D eigenvalue weighted by atomic mass is 15.1. The van der Waals surface area contributed by atoms with Crippen LogP contribution in [0.3, 0.4) is 0 Å². The Labute approximate surface area is 123 Å². The molecule has 0 spiro atoms. The molecule has 0 saturated heterocycles. The molecule has 0 radical (unpaired) electrons. The summed E-state index contributed by atoms with van der Waals surface area (Å²) in [7, 11) is 0. The average Bonchev–Trinajstić information content (AvgIpc) is 2.78. The molecule has 3 rings (SSSR count). The number of aromatic nitrogens is 2. The van der Waals surface area contributed by atoms with Gasteiger partial charge < -0.3 is 9.88 Å². The molecule has 1 aromatic heterocycles. The number of imidazole rings is 1. The minimum atomic E-state index is 0.524. The molecular formula is C17H29N3. The third kappa shape index (κ3) is 2.52. The summed E-state index contributed by atoms with van der Waals surface area (Å²) in [4.78, 5) is 4.96. The first-order valence-electron chi connectivity index (χ1n) is 8.28. The van der Waals surface area contributed by atoms with Gasteiger partial charge in [0.2, 0.25) is 0 Å². The fraction of sp³-hybridized carbons (Fsp3) is 0.824. The minimum absolute atomic E-state index is 0.524. The molecule has 20 heavy (non-hydrogen) atoms. The fourth-order valence-electron chi connectivity index (χ4n) is 3.81. The lowest BCUT2D eigenvalue weighted by molar-refractivity contribution is 0.189. The van der Waals surface area contributed by atoms with E-state index >= 15 is 0 Å². The maximum atomic E-state index is 4.96. The van der Waals surface area contributed by atoms with Crippen molar-refractivity contribution in [2.45, 2.75) is 78.3 Å². The minimum Gasteiger partial charge on any atom is -0.328 e. The van der Waals surface area contributed by atoms with Crippen molar-refractivity contribution in [3.8, 4) is 0 Å². The maximum absolute atomic E-state index is 4.96. The summed E-state index contributed by atoms with van der Waals surface area (Å²) in [5, 5.41) is 3.46. The first kappa shape index (κ1) is 14.1. The van der Waals surface area contributed by atoms with Crippen molar-refractivity contribution in [2.24, 2.45) is 5.41 Å². The monoisotopic (exact) mass is 275 g/mol. The Morgan fingerprint density at radius 3 is 2.60 bits per heavy atom. The Hall–Kier alpha value is -0.830. The largest absolute Gasteiger partial charge is 0.328 e. The van der Waals surface area contributed by atoms with Gasteiger partial charge in [0.05, 0.1) is 5.69 Å². The van der Waals surface area contributed by atoms with Crippen molar-refractivity contribution in [3.05, 3.63) is 17.2 Å². The fourth-order valence-corrected chi connectivity index (χ4v) is 3.81. The number of nitrogens with zero attached hydrogens (tertiary/aromatic N) is 2. The molecule has 0 atom stereocenters. The van der Waals surface area contributed by atoms with E-state index in [0.29, 0.717) is 17.4 Å². The second kappa shape index (κ2) is 5.18. The maximum Gasteiger partial charge on any atom is 0.112 e. The Kier molecular flexibility index (Phi) is 3.65. The predicted molar refractivity (Wildman–Crippen MR) is 83.0 cm³/mol. The van der Waals surface area contributed by atoms with Gasteiger partial charge in [-0.3, -0.25) is 0 Å². The number of hydrogen-bond acceptors (Lipinski definition) is 2. The van der Waals surface area contributed by atoms with E-state index in [9.17, 15) is 0 Å². The van der Waals surface area contributed by atoms with Gasteiger partial charge in [-0.1, -0.05) is 27.7 Å². The Bertz CT molecular complexity index is 475. The summed E-state index contributed by atoms with van der Waals surface area (Å²) in [5.74, 6) is 1.85. The van der Waals surface area contributed by atoms with Gasteiger partial charge in [-0.05, 0) is 31.1 Å². The number of rotatable bonds is 2. The third-order valence-corrected chi connectivity index (χ3v) is 5.14. The summed E-state index contributed by atoms with van der Waals surface area (Å²) in [5.41, 5.74) is 3.37. The first-order valence-corrected chi connectivity index (χ1v) is 8.28.